The molecule has 1 aliphatic heterocycles. The van der Waals surface area contributed by atoms with Crippen molar-refractivity contribution >= 4 is 55.0 Å². The molecule has 0 saturated carbocycles. The van der Waals surface area contributed by atoms with Gasteiger partial charge < -0.3 is 10.2 Å². The van der Waals surface area contributed by atoms with Crippen LogP contribution in [0.5, 0.6) is 0 Å². The molecule has 2 aromatic carbocycles. The summed E-state index contributed by atoms with van der Waals surface area (Å²) in [4.78, 5) is 26.1. The number of hydrogen-bond acceptors (Lipinski definition) is 2. The Kier molecular flexibility index (Phi) is 4.82. The second-order valence-corrected chi connectivity index (χ2v) is 7.05. The number of hydrogen-bond donors (Lipinski definition) is 1. The minimum absolute atomic E-state index is 0.00873. The zero-order valence-electron chi connectivity index (χ0n) is 12.2. The average Bonchev–Trinajstić information content (AvgIpc) is 2.52. The molecule has 6 heteroatoms. The van der Waals surface area contributed by atoms with Gasteiger partial charge in [0.15, 0.2) is 0 Å². The highest BCUT2D eigenvalue weighted by atomic mass is 79.9. The topological polar surface area (TPSA) is 49.4 Å². The molecular weight excluding hydrogens is 424 g/mol. The molecule has 0 unspecified atom stereocenters. The van der Waals surface area contributed by atoms with E-state index in [0.29, 0.717) is 18.5 Å². The van der Waals surface area contributed by atoms with Gasteiger partial charge in [-0.15, -0.1) is 0 Å². The van der Waals surface area contributed by atoms with Crippen LogP contribution in [0.15, 0.2) is 51.4 Å². The van der Waals surface area contributed by atoms with Crippen LogP contribution in [-0.2, 0) is 16.0 Å². The summed E-state index contributed by atoms with van der Waals surface area (Å²) in [7, 11) is 0. The molecule has 2 amide bonds. The van der Waals surface area contributed by atoms with Gasteiger partial charge in [-0.05, 0) is 58.2 Å². The van der Waals surface area contributed by atoms with Crippen LogP contribution in [0.3, 0.4) is 0 Å². The van der Waals surface area contributed by atoms with Crippen LogP contribution in [0, 0.1) is 0 Å². The number of carbonyl (C=O) groups excluding carboxylic acids is 2. The maximum absolute atomic E-state index is 12.3. The van der Waals surface area contributed by atoms with E-state index in [-0.39, 0.29) is 18.4 Å². The summed E-state index contributed by atoms with van der Waals surface area (Å²) in [6.07, 6.45) is 1.13. The van der Waals surface area contributed by atoms with Gasteiger partial charge >= 0.3 is 0 Å². The molecule has 0 atom stereocenters. The molecule has 4 nitrogen and oxygen atoms in total. The van der Waals surface area contributed by atoms with Crippen molar-refractivity contribution in [2.24, 2.45) is 0 Å². The van der Waals surface area contributed by atoms with Crippen molar-refractivity contribution in [3.8, 4) is 0 Å². The highest BCUT2D eigenvalue weighted by molar-refractivity contribution is 9.10. The molecule has 0 aromatic heterocycles. The molecule has 1 heterocycles. The predicted octanol–water partition coefficient (Wildman–Crippen LogP) is 4.13. The molecule has 2 aromatic rings. The summed E-state index contributed by atoms with van der Waals surface area (Å²) in [5.41, 5.74) is 2.58. The van der Waals surface area contributed by atoms with Crippen LogP contribution in [0.4, 0.5) is 11.4 Å². The molecule has 1 N–H and O–H groups in total. The SMILES string of the molecule is O=C(CN1C(=O)CCc2cc(Br)ccc21)Nc1ccccc1Br. The van der Waals surface area contributed by atoms with Crippen molar-refractivity contribution in [3.63, 3.8) is 0 Å². The Morgan fingerprint density at radius 1 is 1.13 bits per heavy atom. The number of fused-ring (bicyclic) bond motifs is 1. The van der Waals surface area contributed by atoms with Gasteiger partial charge in [-0.1, -0.05) is 28.1 Å². The molecule has 23 heavy (non-hydrogen) atoms. The number of carbonyl (C=O) groups is 2. The molecule has 3 rings (SSSR count). The molecule has 0 radical (unpaired) electrons. The van der Waals surface area contributed by atoms with Crippen LogP contribution < -0.4 is 10.2 Å². The summed E-state index contributed by atoms with van der Waals surface area (Å²) in [6.45, 7) is 0.00873. The summed E-state index contributed by atoms with van der Waals surface area (Å²) < 4.78 is 1.78. The van der Waals surface area contributed by atoms with E-state index in [0.717, 1.165) is 20.2 Å². The Hall–Kier alpha value is -1.66. The van der Waals surface area contributed by atoms with Gasteiger partial charge in [-0.2, -0.15) is 0 Å². The van der Waals surface area contributed by atoms with Crippen LogP contribution in [0.1, 0.15) is 12.0 Å². The number of anilines is 2. The highest BCUT2D eigenvalue weighted by Crippen LogP contribution is 2.30. The van der Waals surface area contributed by atoms with Crippen molar-refractivity contribution in [2.75, 3.05) is 16.8 Å². The van der Waals surface area contributed by atoms with E-state index in [2.05, 4.69) is 37.2 Å². The van der Waals surface area contributed by atoms with Crippen LogP contribution in [-0.4, -0.2) is 18.4 Å². The standard InChI is InChI=1S/C17H14Br2N2O2/c18-12-6-7-15-11(9-12)5-8-17(23)21(15)10-16(22)20-14-4-2-1-3-13(14)19/h1-4,6-7,9H,5,8,10H2,(H,20,22). The van der Waals surface area contributed by atoms with Gasteiger partial charge in [0.25, 0.3) is 0 Å². The fourth-order valence-electron chi connectivity index (χ4n) is 2.60. The van der Waals surface area contributed by atoms with Crippen molar-refractivity contribution in [1.29, 1.82) is 0 Å². The van der Waals surface area contributed by atoms with Crippen molar-refractivity contribution in [2.45, 2.75) is 12.8 Å². The van der Waals surface area contributed by atoms with Crippen molar-refractivity contribution < 1.29 is 9.59 Å². The van der Waals surface area contributed by atoms with E-state index in [1.54, 1.807) is 4.90 Å². The third-order valence-electron chi connectivity index (χ3n) is 3.69. The second-order valence-electron chi connectivity index (χ2n) is 5.28. The first kappa shape index (κ1) is 16.2. The Morgan fingerprint density at radius 2 is 1.91 bits per heavy atom. The summed E-state index contributed by atoms with van der Waals surface area (Å²) in [5.74, 6) is -0.247. The van der Waals surface area contributed by atoms with Gasteiger partial charge in [0.1, 0.15) is 6.54 Å². The van der Waals surface area contributed by atoms with Crippen molar-refractivity contribution in [3.05, 3.63) is 57.0 Å². The zero-order chi connectivity index (χ0) is 16.4. The van der Waals surface area contributed by atoms with Crippen molar-refractivity contribution in [1.82, 2.24) is 0 Å². The summed E-state index contributed by atoms with van der Waals surface area (Å²) in [5, 5.41) is 2.83. The minimum atomic E-state index is -0.221. The van der Waals surface area contributed by atoms with Gasteiger partial charge in [0.2, 0.25) is 11.8 Å². The van der Waals surface area contributed by atoms with Gasteiger partial charge in [-0.25, -0.2) is 0 Å². The lowest BCUT2D eigenvalue weighted by molar-refractivity contribution is -0.121. The number of halogens is 2. The fourth-order valence-corrected chi connectivity index (χ4v) is 3.39. The van der Waals surface area contributed by atoms with Gasteiger partial charge in [0.05, 0.1) is 5.69 Å². The largest absolute Gasteiger partial charge is 0.324 e. The number of nitrogens with one attached hydrogen (secondary N) is 1. The first-order valence-corrected chi connectivity index (χ1v) is 8.76. The highest BCUT2D eigenvalue weighted by Gasteiger charge is 2.26. The molecule has 118 valence electrons. The lowest BCUT2D eigenvalue weighted by Gasteiger charge is -2.29. The molecule has 0 aliphatic carbocycles. The lowest BCUT2D eigenvalue weighted by atomic mass is 10.0. The normalized spacial score (nSPS) is 13.7. The third-order valence-corrected chi connectivity index (χ3v) is 4.88. The van der Waals surface area contributed by atoms with Crippen LogP contribution in [0.2, 0.25) is 0 Å². The van der Waals surface area contributed by atoms with E-state index in [1.807, 2.05) is 42.5 Å². The van der Waals surface area contributed by atoms with Crippen LogP contribution in [0.25, 0.3) is 0 Å². The third kappa shape index (κ3) is 3.64. The monoisotopic (exact) mass is 436 g/mol. The number of rotatable bonds is 3. The fraction of sp³-hybridized carbons (Fsp3) is 0.176. The number of para-hydroxylation sites is 1. The summed E-state index contributed by atoms with van der Waals surface area (Å²) >= 11 is 6.84. The molecule has 0 saturated heterocycles. The molecular formula is C17H14Br2N2O2. The number of benzene rings is 2. The van der Waals surface area contributed by atoms with Gasteiger partial charge in [-0.3, -0.25) is 9.59 Å². The van der Waals surface area contributed by atoms with E-state index in [4.69, 9.17) is 0 Å². The molecule has 0 fully saturated rings. The molecule has 1 aliphatic rings. The lowest BCUT2D eigenvalue weighted by Crippen LogP contribution is -2.40. The smallest absolute Gasteiger partial charge is 0.244 e. The maximum Gasteiger partial charge on any atom is 0.244 e. The zero-order valence-corrected chi connectivity index (χ0v) is 15.4. The summed E-state index contributed by atoms with van der Waals surface area (Å²) in [6, 6.07) is 13.2. The Balaban J connectivity index is 1.78. The van der Waals surface area contributed by atoms with E-state index >= 15 is 0 Å². The molecule has 0 spiro atoms. The van der Waals surface area contributed by atoms with Crippen LogP contribution >= 0.6 is 31.9 Å². The number of amides is 2. The Bertz CT molecular complexity index is 777. The second kappa shape index (κ2) is 6.84. The quantitative estimate of drug-likeness (QED) is 0.784. The number of aryl methyl sites for hydroxylation is 1. The Morgan fingerprint density at radius 3 is 2.70 bits per heavy atom. The predicted molar refractivity (Wildman–Crippen MR) is 97.6 cm³/mol. The Labute approximate surface area is 151 Å². The van der Waals surface area contributed by atoms with E-state index in [1.165, 1.54) is 0 Å². The number of nitrogens with zero attached hydrogens (tertiary/aromatic N) is 1. The van der Waals surface area contributed by atoms with Gasteiger partial charge in [0, 0.05) is 21.1 Å². The first-order chi connectivity index (χ1) is 11.0. The minimum Gasteiger partial charge on any atom is -0.324 e. The van der Waals surface area contributed by atoms with E-state index < -0.39 is 0 Å². The van der Waals surface area contributed by atoms with E-state index in [9.17, 15) is 9.59 Å². The maximum atomic E-state index is 12.3. The molecule has 0 bridgehead atoms. The first-order valence-electron chi connectivity index (χ1n) is 7.18. The average molecular weight is 438 g/mol.